The number of nitrogens with zero attached hydrogens (tertiary/aromatic N) is 4. The zero-order chi connectivity index (χ0) is 18.1. The largest absolute Gasteiger partial charge is 0.481 e. The third-order valence-corrected chi connectivity index (χ3v) is 4.14. The maximum atomic E-state index is 11.2. The number of benzene rings is 1. The molecule has 0 atom stereocenters. The first-order valence-electron chi connectivity index (χ1n) is 7.73. The van der Waals surface area contributed by atoms with E-state index in [-0.39, 0.29) is 6.42 Å². The van der Waals surface area contributed by atoms with Gasteiger partial charge in [0.25, 0.3) is 0 Å². The lowest BCUT2D eigenvalue weighted by molar-refractivity contribution is -0.136. The van der Waals surface area contributed by atoms with Gasteiger partial charge in [0, 0.05) is 6.20 Å². The molecule has 0 fully saturated rings. The van der Waals surface area contributed by atoms with Gasteiger partial charge in [0.15, 0.2) is 5.82 Å². The summed E-state index contributed by atoms with van der Waals surface area (Å²) in [6.45, 7) is 5.77. The first kappa shape index (κ1) is 17.1. The smallest absolute Gasteiger partial charge is 0.309 e. The Hall–Kier alpha value is -2.73. The number of rotatable bonds is 4. The first-order chi connectivity index (χ1) is 11.9. The number of aliphatic carboxylic acids is 1. The molecule has 128 valence electrons. The average Bonchev–Trinajstić information content (AvgIpc) is 2.85. The van der Waals surface area contributed by atoms with E-state index in [0.717, 1.165) is 16.7 Å². The van der Waals surface area contributed by atoms with Gasteiger partial charge in [0.1, 0.15) is 11.3 Å². The molecule has 0 saturated carbocycles. The molecule has 1 N–H and O–H groups in total. The maximum absolute atomic E-state index is 11.2. The average molecular weight is 357 g/mol. The van der Waals surface area contributed by atoms with Crippen molar-refractivity contribution >= 4 is 34.7 Å². The Bertz CT molecular complexity index is 985. The van der Waals surface area contributed by atoms with Crippen molar-refractivity contribution in [3.05, 3.63) is 57.9 Å². The van der Waals surface area contributed by atoms with Gasteiger partial charge in [-0.25, -0.2) is 4.98 Å². The van der Waals surface area contributed by atoms with Crippen molar-refractivity contribution in [2.45, 2.75) is 27.2 Å². The summed E-state index contributed by atoms with van der Waals surface area (Å²) < 4.78 is 1.74. The lowest BCUT2D eigenvalue weighted by atomic mass is 10.1. The number of carboxylic acids is 1. The fourth-order valence-corrected chi connectivity index (χ4v) is 3.10. The second-order valence-electron chi connectivity index (χ2n) is 5.95. The maximum Gasteiger partial charge on any atom is 0.309 e. The zero-order valence-electron chi connectivity index (χ0n) is 14.1. The molecule has 0 aliphatic rings. The number of carboxylic acid groups (broad SMARTS) is 1. The van der Waals surface area contributed by atoms with Gasteiger partial charge >= 0.3 is 5.97 Å². The molecular formula is C18H17ClN4O2. The highest BCUT2D eigenvalue weighted by Crippen LogP contribution is 2.33. The fraction of sp³-hybridized carbons (Fsp3) is 0.222. The Kier molecular flexibility index (Phi) is 4.55. The standard InChI is InChI=1S/C18H17ClN4O2/c1-10-7-12(3)16(13(19)8-10)21-22-18-14(9-15(24)25)20-17-11(2)5-4-6-23(17)18/h4-8H,9H2,1-3H3,(H,24,25). The summed E-state index contributed by atoms with van der Waals surface area (Å²) in [5.74, 6) is -0.570. The fourth-order valence-electron chi connectivity index (χ4n) is 2.74. The summed E-state index contributed by atoms with van der Waals surface area (Å²) in [6.07, 6.45) is 1.56. The van der Waals surface area contributed by atoms with E-state index in [4.69, 9.17) is 16.7 Å². The molecule has 0 amide bonds. The Morgan fingerprint density at radius 3 is 2.68 bits per heavy atom. The topological polar surface area (TPSA) is 79.3 Å². The number of aryl methyl sites for hydroxylation is 3. The lowest BCUT2D eigenvalue weighted by Gasteiger charge is -2.04. The molecule has 7 heteroatoms. The van der Waals surface area contributed by atoms with Crippen molar-refractivity contribution in [3.8, 4) is 0 Å². The number of halogens is 1. The van der Waals surface area contributed by atoms with E-state index in [1.54, 1.807) is 10.6 Å². The summed E-state index contributed by atoms with van der Waals surface area (Å²) in [4.78, 5) is 15.6. The first-order valence-corrected chi connectivity index (χ1v) is 8.11. The highest BCUT2D eigenvalue weighted by Gasteiger charge is 2.16. The summed E-state index contributed by atoms with van der Waals surface area (Å²) in [5, 5.41) is 18.2. The van der Waals surface area contributed by atoms with E-state index in [2.05, 4.69) is 15.2 Å². The highest BCUT2D eigenvalue weighted by atomic mass is 35.5. The van der Waals surface area contributed by atoms with E-state index in [1.165, 1.54) is 0 Å². The number of fused-ring (bicyclic) bond motifs is 1. The van der Waals surface area contributed by atoms with Crippen LogP contribution >= 0.6 is 11.6 Å². The SMILES string of the molecule is Cc1cc(C)c(N=Nc2c(CC(=O)O)nc3c(C)cccn23)c(Cl)c1. The summed E-state index contributed by atoms with van der Waals surface area (Å²) in [7, 11) is 0. The predicted molar refractivity (Wildman–Crippen MR) is 96.4 cm³/mol. The van der Waals surface area contributed by atoms with Gasteiger partial charge in [-0.2, -0.15) is 0 Å². The second kappa shape index (κ2) is 6.64. The Balaban J connectivity index is 2.15. The van der Waals surface area contributed by atoms with Crippen molar-refractivity contribution < 1.29 is 9.90 Å². The molecule has 2 aromatic heterocycles. The van der Waals surface area contributed by atoms with Crippen LogP contribution in [0.15, 0.2) is 40.7 Å². The van der Waals surface area contributed by atoms with Crippen LogP contribution in [0.4, 0.5) is 11.5 Å². The number of aromatic nitrogens is 2. The number of azo groups is 1. The molecule has 0 aliphatic carbocycles. The summed E-state index contributed by atoms with van der Waals surface area (Å²) in [6, 6.07) is 7.56. The number of hydrogen-bond donors (Lipinski definition) is 1. The normalized spacial score (nSPS) is 11.5. The molecule has 6 nitrogen and oxygen atoms in total. The van der Waals surface area contributed by atoms with E-state index < -0.39 is 5.97 Å². The minimum atomic E-state index is -0.970. The van der Waals surface area contributed by atoms with E-state index >= 15 is 0 Å². The molecule has 1 aromatic carbocycles. The van der Waals surface area contributed by atoms with E-state index in [0.29, 0.717) is 27.9 Å². The van der Waals surface area contributed by atoms with Gasteiger partial charge in [-0.3, -0.25) is 9.20 Å². The number of imidazole rings is 1. The van der Waals surface area contributed by atoms with Crippen LogP contribution < -0.4 is 0 Å². The van der Waals surface area contributed by atoms with Crippen LogP contribution in [0.2, 0.25) is 5.02 Å². The third kappa shape index (κ3) is 3.39. The summed E-state index contributed by atoms with van der Waals surface area (Å²) >= 11 is 6.27. The van der Waals surface area contributed by atoms with Gasteiger partial charge in [0.05, 0.1) is 17.1 Å². The predicted octanol–water partition coefficient (Wildman–Crippen LogP) is 4.96. The number of carbonyl (C=O) groups is 1. The molecule has 25 heavy (non-hydrogen) atoms. The van der Waals surface area contributed by atoms with Gasteiger partial charge in [-0.05, 0) is 49.6 Å². The van der Waals surface area contributed by atoms with Gasteiger partial charge in [0.2, 0.25) is 0 Å². The molecule has 2 heterocycles. The number of hydrogen-bond acceptors (Lipinski definition) is 4. The van der Waals surface area contributed by atoms with Crippen LogP contribution in [-0.2, 0) is 11.2 Å². The molecular weight excluding hydrogens is 340 g/mol. The molecule has 3 aromatic rings. The van der Waals surface area contributed by atoms with Crippen LogP contribution in [0.5, 0.6) is 0 Å². The minimum Gasteiger partial charge on any atom is -0.481 e. The molecule has 0 spiro atoms. The lowest BCUT2D eigenvalue weighted by Crippen LogP contribution is -2.00. The van der Waals surface area contributed by atoms with Crippen molar-refractivity contribution in [1.82, 2.24) is 9.38 Å². The van der Waals surface area contributed by atoms with Crippen LogP contribution in [0.25, 0.3) is 5.65 Å². The van der Waals surface area contributed by atoms with Gasteiger partial charge in [-0.1, -0.05) is 23.7 Å². The van der Waals surface area contributed by atoms with Crippen molar-refractivity contribution in [2.75, 3.05) is 0 Å². The third-order valence-electron chi connectivity index (χ3n) is 3.85. The second-order valence-corrected chi connectivity index (χ2v) is 6.36. The number of pyridine rings is 1. The minimum absolute atomic E-state index is 0.226. The van der Waals surface area contributed by atoms with Gasteiger partial charge in [-0.15, -0.1) is 10.2 Å². The van der Waals surface area contributed by atoms with Gasteiger partial charge < -0.3 is 5.11 Å². The van der Waals surface area contributed by atoms with E-state index in [1.807, 2.05) is 45.0 Å². The molecule has 0 radical (unpaired) electrons. The molecule has 3 rings (SSSR count). The molecule has 0 bridgehead atoms. The van der Waals surface area contributed by atoms with Crippen molar-refractivity contribution in [1.29, 1.82) is 0 Å². The zero-order valence-corrected chi connectivity index (χ0v) is 14.9. The molecule has 0 unspecified atom stereocenters. The Labute approximate surface area is 149 Å². The monoisotopic (exact) mass is 356 g/mol. The highest BCUT2D eigenvalue weighted by molar-refractivity contribution is 6.33. The van der Waals surface area contributed by atoms with Crippen LogP contribution in [0.1, 0.15) is 22.4 Å². The van der Waals surface area contributed by atoms with Crippen LogP contribution in [-0.4, -0.2) is 20.5 Å². The Morgan fingerprint density at radius 1 is 1.24 bits per heavy atom. The summed E-state index contributed by atoms with van der Waals surface area (Å²) in [5.41, 5.74) is 4.47. The van der Waals surface area contributed by atoms with Crippen LogP contribution in [0.3, 0.4) is 0 Å². The molecule has 0 saturated heterocycles. The Morgan fingerprint density at radius 2 is 2.00 bits per heavy atom. The van der Waals surface area contributed by atoms with Crippen molar-refractivity contribution in [2.24, 2.45) is 10.2 Å². The molecule has 0 aliphatic heterocycles. The van der Waals surface area contributed by atoms with Crippen molar-refractivity contribution in [3.63, 3.8) is 0 Å². The van der Waals surface area contributed by atoms with E-state index in [9.17, 15) is 4.79 Å². The quantitative estimate of drug-likeness (QED) is 0.671. The van der Waals surface area contributed by atoms with Crippen LogP contribution in [0, 0.1) is 20.8 Å².